The van der Waals surface area contributed by atoms with Gasteiger partial charge in [-0.05, 0) is 63.4 Å². The van der Waals surface area contributed by atoms with Gasteiger partial charge >= 0.3 is 0 Å². The van der Waals surface area contributed by atoms with Crippen molar-refractivity contribution in [3.63, 3.8) is 0 Å². The number of rotatable bonds is 5. The highest BCUT2D eigenvalue weighted by atomic mass is 16.5. The standard InChI is InChI=1S/C26H31N5O4/c1-19-17-20(2)31(29-19)15-13-27-24(32)18-30-14-6-3-7-16-34-22-10-4-5-11-23(22)35-25-21(26(30)33)9-8-12-28-25/h4-5,8-12,17H,3,6-7,13-16,18H2,1-2H3,(H,27,32). The number of carbonyl (C=O) groups excluding carboxylic acids is 2. The van der Waals surface area contributed by atoms with Gasteiger partial charge in [0.15, 0.2) is 11.5 Å². The molecule has 1 aliphatic heterocycles. The zero-order valence-corrected chi connectivity index (χ0v) is 20.2. The molecule has 0 fully saturated rings. The fraction of sp³-hybridized carbons (Fsp3) is 0.385. The second kappa shape index (κ2) is 11.5. The van der Waals surface area contributed by atoms with Gasteiger partial charge < -0.3 is 19.7 Å². The first-order valence-electron chi connectivity index (χ1n) is 11.9. The number of para-hydroxylation sites is 2. The number of nitrogens with zero attached hydrogens (tertiary/aromatic N) is 4. The van der Waals surface area contributed by atoms with Crippen LogP contribution in [0.15, 0.2) is 48.7 Å². The summed E-state index contributed by atoms with van der Waals surface area (Å²) in [6.07, 6.45) is 4.03. The first-order valence-corrected chi connectivity index (χ1v) is 11.9. The molecule has 184 valence electrons. The smallest absolute Gasteiger partial charge is 0.259 e. The van der Waals surface area contributed by atoms with Crippen LogP contribution in [0.3, 0.4) is 0 Å². The van der Waals surface area contributed by atoms with E-state index in [-0.39, 0.29) is 24.2 Å². The number of hydrogen-bond donors (Lipinski definition) is 1. The third-order valence-electron chi connectivity index (χ3n) is 5.76. The van der Waals surface area contributed by atoms with E-state index in [4.69, 9.17) is 9.47 Å². The number of carbonyl (C=O) groups is 2. The monoisotopic (exact) mass is 477 g/mol. The minimum atomic E-state index is -0.292. The van der Waals surface area contributed by atoms with Crippen molar-refractivity contribution in [3.05, 3.63) is 65.6 Å². The second-order valence-electron chi connectivity index (χ2n) is 8.54. The van der Waals surface area contributed by atoms with Crippen molar-refractivity contribution in [3.8, 4) is 17.4 Å². The van der Waals surface area contributed by atoms with E-state index in [1.54, 1.807) is 29.3 Å². The Morgan fingerprint density at radius 1 is 1.09 bits per heavy atom. The lowest BCUT2D eigenvalue weighted by Gasteiger charge is -2.23. The van der Waals surface area contributed by atoms with E-state index in [2.05, 4.69) is 15.4 Å². The summed E-state index contributed by atoms with van der Waals surface area (Å²) in [5.74, 6) is 0.772. The summed E-state index contributed by atoms with van der Waals surface area (Å²) in [5, 5.41) is 7.32. The Morgan fingerprint density at radius 3 is 2.71 bits per heavy atom. The molecule has 1 aliphatic rings. The van der Waals surface area contributed by atoms with Crippen LogP contribution < -0.4 is 14.8 Å². The van der Waals surface area contributed by atoms with Gasteiger partial charge in [0.1, 0.15) is 5.56 Å². The lowest BCUT2D eigenvalue weighted by atomic mass is 10.2. The quantitative estimate of drug-likeness (QED) is 0.604. The maximum Gasteiger partial charge on any atom is 0.259 e. The molecule has 0 bridgehead atoms. The average molecular weight is 478 g/mol. The molecule has 2 amide bonds. The van der Waals surface area contributed by atoms with Gasteiger partial charge in [-0.1, -0.05) is 12.1 Å². The third kappa shape index (κ3) is 6.38. The number of pyridine rings is 1. The van der Waals surface area contributed by atoms with E-state index in [1.807, 2.05) is 42.8 Å². The topological polar surface area (TPSA) is 98.6 Å². The van der Waals surface area contributed by atoms with Gasteiger partial charge in [-0.2, -0.15) is 5.10 Å². The summed E-state index contributed by atoms with van der Waals surface area (Å²) >= 11 is 0. The van der Waals surface area contributed by atoms with Crippen molar-refractivity contribution >= 4 is 11.8 Å². The number of hydrogen-bond acceptors (Lipinski definition) is 6. The molecule has 1 aromatic carbocycles. The molecule has 35 heavy (non-hydrogen) atoms. The van der Waals surface area contributed by atoms with Crippen LogP contribution in [-0.4, -0.2) is 57.7 Å². The zero-order chi connectivity index (χ0) is 24.6. The molecule has 4 rings (SSSR count). The second-order valence-corrected chi connectivity index (χ2v) is 8.54. The van der Waals surface area contributed by atoms with E-state index in [9.17, 15) is 9.59 Å². The van der Waals surface area contributed by atoms with Crippen LogP contribution in [0.5, 0.6) is 17.4 Å². The normalized spacial score (nSPS) is 14.3. The molecule has 0 aliphatic carbocycles. The van der Waals surface area contributed by atoms with Crippen molar-refractivity contribution in [1.29, 1.82) is 0 Å². The zero-order valence-electron chi connectivity index (χ0n) is 20.2. The summed E-state index contributed by atoms with van der Waals surface area (Å²) < 4.78 is 13.8. The van der Waals surface area contributed by atoms with Crippen LogP contribution in [0, 0.1) is 13.8 Å². The lowest BCUT2D eigenvalue weighted by Crippen LogP contribution is -2.42. The summed E-state index contributed by atoms with van der Waals surface area (Å²) in [7, 11) is 0. The molecule has 3 aromatic rings. The average Bonchev–Trinajstić information content (AvgIpc) is 3.17. The van der Waals surface area contributed by atoms with Crippen molar-refractivity contribution in [2.45, 2.75) is 39.7 Å². The van der Waals surface area contributed by atoms with Gasteiger partial charge in [-0.3, -0.25) is 14.3 Å². The molecule has 9 heteroatoms. The molecule has 0 radical (unpaired) electrons. The van der Waals surface area contributed by atoms with Crippen LogP contribution >= 0.6 is 0 Å². The summed E-state index contributed by atoms with van der Waals surface area (Å²) in [6, 6.07) is 12.7. The molecule has 9 nitrogen and oxygen atoms in total. The largest absolute Gasteiger partial charge is 0.490 e. The number of aromatic nitrogens is 3. The minimum absolute atomic E-state index is 0.0443. The van der Waals surface area contributed by atoms with E-state index < -0.39 is 0 Å². The number of amides is 2. The first kappa shape index (κ1) is 24.3. The van der Waals surface area contributed by atoms with E-state index in [0.717, 1.165) is 30.7 Å². The summed E-state index contributed by atoms with van der Waals surface area (Å²) in [4.78, 5) is 32.1. The molecule has 3 heterocycles. The lowest BCUT2D eigenvalue weighted by molar-refractivity contribution is -0.121. The van der Waals surface area contributed by atoms with E-state index in [1.165, 1.54) is 0 Å². The third-order valence-corrected chi connectivity index (χ3v) is 5.76. The van der Waals surface area contributed by atoms with Crippen LogP contribution in [0.25, 0.3) is 0 Å². The summed E-state index contributed by atoms with van der Waals surface area (Å²) in [6.45, 7) is 5.86. The van der Waals surface area contributed by atoms with Gasteiger partial charge in [0, 0.05) is 25.0 Å². The molecule has 1 N–H and O–H groups in total. The van der Waals surface area contributed by atoms with Gasteiger partial charge in [0.2, 0.25) is 11.8 Å². The van der Waals surface area contributed by atoms with Crippen molar-refractivity contribution in [2.75, 3.05) is 26.2 Å². The number of benzene rings is 1. The minimum Gasteiger partial charge on any atom is -0.490 e. The van der Waals surface area contributed by atoms with E-state index >= 15 is 0 Å². The number of ether oxygens (including phenoxy) is 2. The van der Waals surface area contributed by atoms with Gasteiger partial charge in [-0.15, -0.1) is 0 Å². The van der Waals surface area contributed by atoms with Gasteiger partial charge in [0.05, 0.1) is 25.4 Å². The van der Waals surface area contributed by atoms with Crippen LogP contribution in [-0.2, 0) is 11.3 Å². The number of fused-ring (bicyclic) bond motifs is 2. The Labute approximate surface area is 205 Å². The molecular formula is C26H31N5O4. The molecule has 0 saturated heterocycles. The molecule has 0 spiro atoms. The maximum absolute atomic E-state index is 13.5. The Bertz CT molecular complexity index is 1180. The first-order chi connectivity index (χ1) is 17.0. The fourth-order valence-corrected chi connectivity index (χ4v) is 4.01. The molecule has 2 aromatic heterocycles. The van der Waals surface area contributed by atoms with Crippen molar-refractivity contribution < 1.29 is 19.1 Å². The predicted octanol–water partition coefficient (Wildman–Crippen LogP) is 3.51. The van der Waals surface area contributed by atoms with Crippen LogP contribution in [0.1, 0.15) is 41.0 Å². The Hall–Kier alpha value is -3.88. The molecule has 0 atom stereocenters. The highest BCUT2D eigenvalue weighted by molar-refractivity contribution is 5.98. The predicted molar refractivity (Wildman–Crippen MR) is 131 cm³/mol. The van der Waals surface area contributed by atoms with Crippen LogP contribution in [0.2, 0.25) is 0 Å². The molecule has 0 unspecified atom stereocenters. The van der Waals surface area contributed by atoms with Crippen molar-refractivity contribution in [1.82, 2.24) is 25.0 Å². The number of aryl methyl sites for hydroxylation is 2. The SMILES string of the molecule is Cc1cc(C)n(CCNC(=O)CN2CCCCCOc3ccccc3Oc3ncccc3C2=O)n1. The molecular weight excluding hydrogens is 446 g/mol. The Morgan fingerprint density at radius 2 is 1.91 bits per heavy atom. The Balaban J connectivity index is 1.48. The van der Waals surface area contributed by atoms with E-state index in [0.29, 0.717) is 43.3 Å². The van der Waals surface area contributed by atoms with Gasteiger partial charge in [-0.25, -0.2) is 4.98 Å². The number of nitrogens with one attached hydrogen (secondary N) is 1. The fourth-order valence-electron chi connectivity index (χ4n) is 4.01. The highest BCUT2D eigenvalue weighted by Gasteiger charge is 2.24. The highest BCUT2D eigenvalue weighted by Crippen LogP contribution is 2.32. The maximum atomic E-state index is 13.5. The molecule has 0 saturated carbocycles. The van der Waals surface area contributed by atoms with Crippen LogP contribution in [0.4, 0.5) is 0 Å². The van der Waals surface area contributed by atoms with Gasteiger partial charge in [0.25, 0.3) is 5.91 Å². The Kier molecular flexibility index (Phi) is 7.97. The summed E-state index contributed by atoms with van der Waals surface area (Å²) in [5.41, 5.74) is 2.29. The van der Waals surface area contributed by atoms with Crippen molar-refractivity contribution in [2.24, 2.45) is 0 Å².